The van der Waals surface area contributed by atoms with Crippen LogP contribution in [0.1, 0.15) is 6.42 Å². The molecule has 0 atom stereocenters. The molecule has 2 N–H and O–H groups in total. The molecule has 1 aromatic carbocycles. The lowest BCUT2D eigenvalue weighted by molar-refractivity contribution is 0.626. The molecule has 0 unspecified atom stereocenters. The summed E-state index contributed by atoms with van der Waals surface area (Å²) in [6, 6.07) is 4.97. The van der Waals surface area contributed by atoms with E-state index in [9.17, 15) is 4.39 Å². The Morgan fingerprint density at radius 3 is 2.76 bits per heavy atom. The molecule has 0 aromatic heterocycles. The highest BCUT2D eigenvalue weighted by Gasteiger charge is 2.18. The van der Waals surface area contributed by atoms with E-state index >= 15 is 0 Å². The van der Waals surface area contributed by atoms with Crippen LogP contribution in [0.2, 0.25) is 0 Å². The molecular weight excluding hydrogens is 241 g/mol. The summed E-state index contributed by atoms with van der Waals surface area (Å²) in [5, 5.41) is 0. The van der Waals surface area contributed by atoms with Gasteiger partial charge in [0.1, 0.15) is 5.82 Å². The lowest BCUT2D eigenvalue weighted by Crippen LogP contribution is -2.30. The number of halogens is 2. The summed E-state index contributed by atoms with van der Waals surface area (Å²) in [5.74, 6) is -0.184. The third kappa shape index (κ3) is 3.01. The van der Waals surface area contributed by atoms with Crippen molar-refractivity contribution in [3.63, 3.8) is 0 Å². The van der Waals surface area contributed by atoms with E-state index in [-0.39, 0.29) is 18.2 Å². The zero-order chi connectivity index (χ0) is 11.5. The standard InChI is InChI=1S/C12H18FN3.ClH/c1-15-6-2-7-16(8-5-14)12-9-10(13)3-4-11(12)15;/h3-4,9H,2,5-8,14H2,1H3;1H. The van der Waals surface area contributed by atoms with Crippen molar-refractivity contribution in [1.29, 1.82) is 0 Å². The molecule has 0 fully saturated rings. The van der Waals surface area contributed by atoms with E-state index in [1.54, 1.807) is 6.07 Å². The molecule has 0 aliphatic carbocycles. The molecule has 1 heterocycles. The average molecular weight is 260 g/mol. The third-order valence-electron chi connectivity index (χ3n) is 3.01. The molecule has 0 amide bonds. The van der Waals surface area contributed by atoms with Crippen LogP contribution in [0.4, 0.5) is 15.8 Å². The lowest BCUT2D eigenvalue weighted by Gasteiger charge is -2.25. The van der Waals surface area contributed by atoms with Gasteiger partial charge < -0.3 is 15.5 Å². The van der Waals surface area contributed by atoms with E-state index in [1.807, 2.05) is 13.1 Å². The highest BCUT2D eigenvalue weighted by atomic mass is 35.5. The number of hydrogen-bond donors (Lipinski definition) is 1. The Morgan fingerprint density at radius 1 is 1.29 bits per heavy atom. The smallest absolute Gasteiger partial charge is 0.125 e. The highest BCUT2D eigenvalue weighted by Crippen LogP contribution is 2.31. The molecular formula is C12H19ClFN3. The van der Waals surface area contributed by atoms with Crippen molar-refractivity contribution in [1.82, 2.24) is 0 Å². The van der Waals surface area contributed by atoms with Crippen molar-refractivity contribution in [2.24, 2.45) is 5.73 Å². The normalized spacial score (nSPS) is 15.0. The summed E-state index contributed by atoms with van der Waals surface area (Å²) in [6.45, 7) is 3.32. The number of nitrogens with two attached hydrogens (primary N) is 1. The molecule has 2 rings (SSSR count). The number of nitrogens with zero attached hydrogens (tertiary/aromatic N) is 2. The average Bonchev–Trinajstić information content (AvgIpc) is 2.40. The van der Waals surface area contributed by atoms with Gasteiger partial charge in [-0.2, -0.15) is 0 Å². The third-order valence-corrected chi connectivity index (χ3v) is 3.01. The van der Waals surface area contributed by atoms with Crippen LogP contribution in [0.15, 0.2) is 18.2 Å². The first-order valence-electron chi connectivity index (χ1n) is 5.68. The quantitative estimate of drug-likeness (QED) is 0.880. The van der Waals surface area contributed by atoms with Crippen LogP contribution in [0.5, 0.6) is 0 Å². The molecule has 17 heavy (non-hydrogen) atoms. The lowest BCUT2D eigenvalue weighted by atomic mass is 10.2. The van der Waals surface area contributed by atoms with Gasteiger partial charge in [0, 0.05) is 33.2 Å². The maximum absolute atomic E-state index is 13.3. The first-order chi connectivity index (χ1) is 7.72. The van der Waals surface area contributed by atoms with Crippen LogP contribution in [0.25, 0.3) is 0 Å². The zero-order valence-corrected chi connectivity index (χ0v) is 10.8. The van der Waals surface area contributed by atoms with Gasteiger partial charge in [0.05, 0.1) is 11.4 Å². The van der Waals surface area contributed by atoms with Crippen LogP contribution in [-0.4, -0.2) is 33.2 Å². The van der Waals surface area contributed by atoms with Crippen molar-refractivity contribution in [2.75, 3.05) is 43.0 Å². The van der Waals surface area contributed by atoms with Crippen LogP contribution in [0.3, 0.4) is 0 Å². The summed E-state index contributed by atoms with van der Waals surface area (Å²) < 4.78 is 13.3. The van der Waals surface area contributed by atoms with Crippen molar-refractivity contribution in [3.05, 3.63) is 24.0 Å². The molecule has 0 saturated carbocycles. The summed E-state index contributed by atoms with van der Waals surface area (Å²) in [4.78, 5) is 4.34. The van der Waals surface area contributed by atoms with Gasteiger partial charge in [0.2, 0.25) is 0 Å². The second-order valence-electron chi connectivity index (χ2n) is 4.18. The fraction of sp³-hybridized carbons (Fsp3) is 0.500. The summed E-state index contributed by atoms with van der Waals surface area (Å²) >= 11 is 0. The van der Waals surface area contributed by atoms with Crippen molar-refractivity contribution in [3.8, 4) is 0 Å². The molecule has 96 valence electrons. The maximum Gasteiger partial charge on any atom is 0.125 e. The Balaban J connectivity index is 0.00000144. The Labute approximate surface area is 108 Å². The predicted molar refractivity (Wildman–Crippen MR) is 72.8 cm³/mol. The second-order valence-corrected chi connectivity index (χ2v) is 4.18. The van der Waals surface area contributed by atoms with E-state index < -0.39 is 0 Å². The first kappa shape index (κ1) is 14.1. The number of benzene rings is 1. The molecule has 0 radical (unpaired) electrons. The van der Waals surface area contributed by atoms with Gasteiger partial charge in [-0.15, -0.1) is 12.4 Å². The molecule has 1 aliphatic rings. The van der Waals surface area contributed by atoms with Crippen LogP contribution in [-0.2, 0) is 0 Å². The van der Waals surface area contributed by atoms with E-state index in [1.165, 1.54) is 6.07 Å². The van der Waals surface area contributed by atoms with Gasteiger partial charge in [0.25, 0.3) is 0 Å². The van der Waals surface area contributed by atoms with Gasteiger partial charge in [0.15, 0.2) is 0 Å². The Kier molecular flexibility index (Phi) is 5.02. The van der Waals surface area contributed by atoms with Gasteiger partial charge in [-0.3, -0.25) is 0 Å². The number of anilines is 2. The van der Waals surface area contributed by atoms with Crippen LogP contribution in [0, 0.1) is 5.82 Å². The number of fused-ring (bicyclic) bond motifs is 1. The van der Waals surface area contributed by atoms with Crippen molar-refractivity contribution >= 4 is 23.8 Å². The summed E-state index contributed by atoms with van der Waals surface area (Å²) in [6.07, 6.45) is 1.08. The SMILES string of the molecule is CN1CCCN(CCN)c2cc(F)ccc21.Cl. The van der Waals surface area contributed by atoms with E-state index in [0.717, 1.165) is 37.4 Å². The van der Waals surface area contributed by atoms with Gasteiger partial charge in [-0.25, -0.2) is 4.39 Å². The van der Waals surface area contributed by atoms with Gasteiger partial charge >= 0.3 is 0 Å². The number of hydrogen-bond acceptors (Lipinski definition) is 3. The molecule has 0 spiro atoms. The molecule has 1 aliphatic heterocycles. The summed E-state index contributed by atoms with van der Waals surface area (Å²) in [5.41, 5.74) is 7.64. The van der Waals surface area contributed by atoms with E-state index in [4.69, 9.17) is 5.73 Å². The van der Waals surface area contributed by atoms with E-state index in [2.05, 4.69) is 9.80 Å². The molecule has 3 nitrogen and oxygen atoms in total. The van der Waals surface area contributed by atoms with Crippen LogP contribution >= 0.6 is 12.4 Å². The molecule has 1 aromatic rings. The minimum absolute atomic E-state index is 0. The predicted octanol–water partition coefficient (Wildman–Crippen LogP) is 1.85. The fourth-order valence-electron chi connectivity index (χ4n) is 2.20. The monoisotopic (exact) mass is 259 g/mol. The molecule has 5 heteroatoms. The fourth-order valence-corrected chi connectivity index (χ4v) is 2.20. The van der Waals surface area contributed by atoms with E-state index in [0.29, 0.717) is 6.54 Å². The Morgan fingerprint density at radius 2 is 2.06 bits per heavy atom. The second kappa shape index (κ2) is 6.07. The zero-order valence-electron chi connectivity index (χ0n) is 10.0. The maximum atomic E-state index is 13.3. The van der Waals surface area contributed by atoms with Crippen molar-refractivity contribution in [2.45, 2.75) is 6.42 Å². The first-order valence-corrected chi connectivity index (χ1v) is 5.68. The number of rotatable bonds is 2. The van der Waals surface area contributed by atoms with Gasteiger partial charge in [-0.1, -0.05) is 0 Å². The van der Waals surface area contributed by atoms with Crippen molar-refractivity contribution < 1.29 is 4.39 Å². The Bertz CT molecular complexity index is 373. The Hall–Kier alpha value is -1.00. The molecule has 0 saturated heterocycles. The minimum atomic E-state index is -0.184. The largest absolute Gasteiger partial charge is 0.373 e. The highest BCUT2D eigenvalue weighted by molar-refractivity contribution is 5.85. The topological polar surface area (TPSA) is 32.5 Å². The minimum Gasteiger partial charge on any atom is -0.373 e. The summed E-state index contributed by atoms with van der Waals surface area (Å²) in [7, 11) is 2.04. The van der Waals surface area contributed by atoms with Crippen LogP contribution < -0.4 is 15.5 Å². The molecule has 0 bridgehead atoms. The van der Waals surface area contributed by atoms with Gasteiger partial charge in [-0.05, 0) is 24.6 Å².